The molecule has 4 rings (SSSR count). The number of likely N-dealkylation sites (tertiary alicyclic amines) is 1. The molecular formula is C22H29N5O3S. The van der Waals surface area contributed by atoms with Crippen molar-refractivity contribution in [2.75, 3.05) is 50.1 Å². The summed E-state index contributed by atoms with van der Waals surface area (Å²) in [5, 5.41) is 3.58. The van der Waals surface area contributed by atoms with Crippen LogP contribution in [-0.4, -0.2) is 66.7 Å². The summed E-state index contributed by atoms with van der Waals surface area (Å²) < 4.78 is 4.91. The minimum Gasteiger partial charge on any atom is -0.453 e. The Kier molecular flexibility index (Phi) is 6.15. The van der Waals surface area contributed by atoms with Crippen LogP contribution in [-0.2, 0) is 16.7 Å². The lowest BCUT2D eigenvalue weighted by molar-refractivity contribution is 0.131. The number of amides is 3. The van der Waals surface area contributed by atoms with E-state index in [9.17, 15) is 9.59 Å². The largest absolute Gasteiger partial charge is 0.453 e. The standard InChI is InChI=1S/C22H29N5O3S/c1-4-25(5-2)13-16-12-23-19(31-16)24-20(28)27-15-22(17-8-6-7-9-18(17)27)10-11-26(14-22)21(29)30-3/h6-9,12H,4-5,10-11,13-15H2,1-3H3,(H,23,24,28). The number of hydrogen-bond donors (Lipinski definition) is 1. The predicted molar refractivity (Wildman–Crippen MR) is 122 cm³/mol. The molecule has 1 aromatic carbocycles. The summed E-state index contributed by atoms with van der Waals surface area (Å²) in [5.74, 6) is 0. The molecule has 2 aliphatic heterocycles. The van der Waals surface area contributed by atoms with Crippen LogP contribution in [0.1, 0.15) is 30.7 Å². The van der Waals surface area contributed by atoms with E-state index in [1.54, 1.807) is 9.80 Å². The SMILES string of the molecule is CCN(CC)Cc1cnc(NC(=O)N2CC3(CCN(C(=O)OC)C3)c3ccccc32)s1. The maximum Gasteiger partial charge on any atom is 0.409 e. The van der Waals surface area contributed by atoms with E-state index in [0.717, 1.165) is 42.2 Å². The Hall–Kier alpha value is -2.65. The number of thiazole rings is 1. The molecule has 9 heteroatoms. The molecule has 3 heterocycles. The van der Waals surface area contributed by atoms with Crippen LogP contribution in [0, 0.1) is 0 Å². The minimum atomic E-state index is -0.319. The molecule has 3 amide bonds. The van der Waals surface area contributed by atoms with Gasteiger partial charge in [0.05, 0.1) is 7.11 Å². The molecule has 31 heavy (non-hydrogen) atoms. The normalized spacial score (nSPS) is 19.9. The number of rotatable bonds is 5. The smallest absolute Gasteiger partial charge is 0.409 e. The first-order valence-corrected chi connectivity index (χ1v) is 11.5. The van der Waals surface area contributed by atoms with Crippen LogP contribution in [0.4, 0.5) is 20.4 Å². The Bertz CT molecular complexity index is 960. The molecule has 1 atom stereocenters. The number of nitrogens with one attached hydrogen (secondary N) is 1. The summed E-state index contributed by atoms with van der Waals surface area (Å²) in [6, 6.07) is 7.78. The van der Waals surface area contributed by atoms with Crippen molar-refractivity contribution in [1.29, 1.82) is 0 Å². The van der Waals surface area contributed by atoms with Crippen molar-refractivity contribution in [2.45, 2.75) is 32.2 Å². The Morgan fingerprint density at radius 2 is 2.03 bits per heavy atom. The van der Waals surface area contributed by atoms with Gasteiger partial charge in [0.15, 0.2) is 5.13 Å². The van der Waals surface area contributed by atoms with Gasteiger partial charge >= 0.3 is 12.1 Å². The van der Waals surface area contributed by atoms with Crippen LogP contribution in [0.5, 0.6) is 0 Å². The summed E-state index contributed by atoms with van der Waals surface area (Å²) >= 11 is 1.51. The number of methoxy groups -OCH3 is 1. The monoisotopic (exact) mass is 443 g/mol. The van der Waals surface area contributed by atoms with Crippen molar-refractivity contribution in [1.82, 2.24) is 14.8 Å². The Labute approximate surface area is 186 Å². The highest BCUT2D eigenvalue weighted by Gasteiger charge is 2.50. The maximum absolute atomic E-state index is 13.2. The van der Waals surface area contributed by atoms with Gasteiger partial charge in [-0.15, -0.1) is 11.3 Å². The zero-order chi connectivity index (χ0) is 22.0. The number of fused-ring (bicyclic) bond motifs is 2. The Balaban J connectivity index is 1.50. The fraction of sp³-hybridized carbons (Fsp3) is 0.500. The van der Waals surface area contributed by atoms with E-state index in [1.165, 1.54) is 18.4 Å². The van der Waals surface area contributed by atoms with Crippen LogP contribution in [0.15, 0.2) is 30.5 Å². The molecule has 1 saturated heterocycles. The number of para-hydroxylation sites is 1. The minimum absolute atomic E-state index is 0.190. The lowest BCUT2D eigenvalue weighted by Crippen LogP contribution is -2.41. The van der Waals surface area contributed by atoms with Crippen molar-refractivity contribution in [2.24, 2.45) is 0 Å². The van der Waals surface area contributed by atoms with Crippen molar-refractivity contribution >= 4 is 34.3 Å². The number of hydrogen-bond acceptors (Lipinski definition) is 6. The zero-order valence-corrected chi connectivity index (χ0v) is 19.1. The number of ether oxygens (including phenoxy) is 1. The predicted octanol–water partition coefficient (Wildman–Crippen LogP) is 3.75. The highest BCUT2D eigenvalue weighted by Crippen LogP contribution is 2.46. The lowest BCUT2D eigenvalue weighted by Gasteiger charge is -2.25. The van der Waals surface area contributed by atoms with E-state index in [4.69, 9.17) is 4.74 Å². The topological polar surface area (TPSA) is 78.0 Å². The molecule has 166 valence electrons. The molecule has 1 spiro atoms. The van der Waals surface area contributed by atoms with E-state index in [1.807, 2.05) is 24.4 Å². The van der Waals surface area contributed by atoms with Gasteiger partial charge in [0.25, 0.3) is 0 Å². The van der Waals surface area contributed by atoms with Crippen molar-refractivity contribution in [3.63, 3.8) is 0 Å². The zero-order valence-electron chi connectivity index (χ0n) is 18.3. The summed E-state index contributed by atoms with van der Waals surface area (Å²) in [6.45, 7) is 8.76. The molecule has 1 fully saturated rings. The second kappa shape index (κ2) is 8.84. The van der Waals surface area contributed by atoms with Crippen LogP contribution < -0.4 is 10.2 Å². The van der Waals surface area contributed by atoms with Gasteiger partial charge in [-0.25, -0.2) is 14.6 Å². The van der Waals surface area contributed by atoms with E-state index in [-0.39, 0.29) is 17.5 Å². The first kappa shape index (κ1) is 21.6. The number of urea groups is 1. The van der Waals surface area contributed by atoms with Crippen molar-refractivity contribution in [3.05, 3.63) is 40.9 Å². The number of nitrogens with zero attached hydrogens (tertiary/aromatic N) is 4. The first-order valence-electron chi connectivity index (χ1n) is 10.7. The molecule has 0 saturated carbocycles. The van der Waals surface area contributed by atoms with Gasteiger partial charge in [0.2, 0.25) is 0 Å². The van der Waals surface area contributed by atoms with Gasteiger partial charge in [-0.1, -0.05) is 32.0 Å². The summed E-state index contributed by atoms with van der Waals surface area (Å²) in [7, 11) is 1.40. The van der Waals surface area contributed by atoms with E-state index in [2.05, 4.69) is 35.1 Å². The highest BCUT2D eigenvalue weighted by atomic mass is 32.1. The van der Waals surface area contributed by atoms with Crippen LogP contribution in [0.2, 0.25) is 0 Å². The van der Waals surface area contributed by atoms with Crippen LogP contribution in [0.25, 0.3) is 0 Å². The third-order valence-electron chi connectivity index (χ3n) is 6.30. The molecule has 0 aliphatic carbocycles. The van der Waals surface area contributed by atoms with Gasteiger partial charge in [-0.05, 0) is 31.1 Å². The number of anilines is 2. The quantitative estimate of drug-likeness (QED) is 0.762. The third-order valence-corrected chi connectivity index (χ3v) is 7.20. The number of aromatic nitrogens is 1. The summed E-state index contributed by atoms with van der Waals surface area (Å²) in [6.07, 6.45) is 2.32. The van der Waals surface area contributed by atoms with Gasteiger partial charge in [-0.2, -0.15) is 0 Å². The Morgan fingerprint density at radius 1 is 1.26 bits per heavy atom. The van der Waals surface area contributed by atoms with Gasteiger partial charge in [0, 0.05) is 48.4 Å². The van der Waals surface area contributed by atoms with E-state index in [0.29, 0.717) is 24.8 Å². The summed E-state index contributed by atoms with van der Waals surface area (Å²) in [5.41, 5.74) is 1.74. The molecular weight excluding hydrogens is 414 g/mol. The lowest BCUT2D eigenvalue weighted by atomic mass is 9.82. The number of benzene rings is 1. The molecule has 2 aromatic rings. The highest BCUT2D eigenvalue weighted by molar-refractivity contribution is 7.15. The Morgan fingerprint density at radius 3 is 2.77 bits per heavy atom. The number of carbonyl (C=O) groups is 2. The van der Waals surface area contributed by atoms with E-state index >= 15 is 0 Å². The fourth-order valence-corrected chi connectivity index (χ4v) is 5.43. The number of carbonyl (C=O) groups excluding carboxylic acids is 2. The fourth-order valence-electron chi connectivity index (χ4n) is 4.58. The molecule has 2 aliphatic rings. The maximum atomic E-state index is 13.2. The van der Waals surface area contributed by atoms with Gasteiger partial charge in [-0.3, -0.25) is 15.1 Å². The second-order valence-electron chi connectivity index (χ2n) is 8.05. The average Bonchev–Trinajstić information content (AvgIpc) is 3.50. The first-order chi connectivity index (χ1) is 15.0. The molecule has 0 radical (unpaired) electrons. The third kappa shape index (κ3) is 4.12. The molecule has 8 nitrogen and oxygen atoms in total. The van der Waals surface area contributed by atoms with Crippen molar-refractivity contribution in [3.8, 4) is 0 Å². The molecule has 0 bridgehead atoms. The van der Waals surface area contributed by atoms with Crippen molar-refractivity contribution < 1.29 is 14.3 Å². The van der Waals surface area contributed by atoms with Crippen LogP contribution >= 0.6 is 11.3 Å². The van der Waals surface area contributed by atoms with Gasteiger partial charge < -0.3 is 9.64 Å². The van der Waals surface area contributed by atoms with E-state index < -0.39 is 0 Å². The summed E-state index contributed by atoms with van der Waals surface area (Å²) in [4.78, 5) is 36.6. The molecule has 1 aromatic heterocycles. The molecule has 1 unspecified atom stereocenters. The second-order valence-corrected chi connectivity index (χ2v) is 9.16. The average molecular weight is 444 g/mol. The van der Waals surface area contributed by atoms with Gasteiger partial charge in [0.1, 0.15) is 0 Å². The molecule has 1 N–H and O–H groups in total. The van der Waals surface area contributed by atoms with Crippen LogP contribution in [0.3, 0.4) is 0 Å².